The van der Waals surface area contributed by atoms with Crippen molar-refractivity contribution in [2.24, 2.45) is 0 Å². The molecular formula is C21H25NO2. The van der Waals surface area contributed by atoms with Crippen LogP contribution in [0.15, 0.2) is 42.5 Å². The summed E-state index contributed by atoms with van der Waals surface area (Å²) in [7, 11) is 0. The highest BCUT2D eigenvalue weighted by Crippen LogP contribution is 2.43. The second-order valence-corrected chi connectivity index (χ2v) is 7.61. The Hall–Kier alpha value is -2.29. The van der Waals surface area contributed by atoms with Crippen molar-refractivity contribution in [1.29, 1.82) is 0 Å². The van der Waals surface area contributed by atoms with E-state index in [0.29, 0.717) is 13.0 Å². The first-order chi connectivity index (χ1) is 11.3. The molecule has 126 valence electrons. The van der Waals surface area contributed by atoms with Gasteiger partial charge in [-0.25, -0.2) is 0 Å². The quantitative estimate of drug-likeness (QED) is 0.881. The highest BCUT2D eigenvalue weighted by molar-refractivity contribution is 5.91. The van der Waals surface area contributed by atoms with Crippen LogP contribution in [-0.2, 0) is 10.2 Å². The minimum absolute atomic E-state index is 0.0251. The molecule has 1 heterocycles. The molecule has 3 rings (SSSR count). The van der Waals surface area contributed by atoms with Gasteiger partial charge in [-0.2, -0.15) is 0 Å². The van der Waals surface area contributed by atoms with Gasteiger partial charge in [-0.05, 0) is 24.5 Å². The third-order valence-corrected chi connectivity index (χ3v) is 4.43. The highest BCUT2D eigenvalue weighted by Gasteiger charge is 2.32. The van der Waals surface area contributed by atoms with Crippen LogP contribution in [0, 0.1) is 6.92 Å². The number of benzene rings is 2. The molecule has 0 bridgehead atoms. The van der Waals surface area contributed by atoms with Crippen LogP contribution in [0.25, 0.3) is 0 Å². The molecule has 0 unspecified atom stereocenters. The predicted molar refractivity (Wildman–Crippen MR) is 97.8 cm³/mol. The van der Waals surface area contributed by atoms with Gasteiger partial charge in [0.25, 0.3) is 0 Å². The molecule has 3 nitrogen and oxygen atoms in total. The van der Waals surface area contributed by atoms with Crippen molar-refractivity contribution in [2.75, 3.05) is 11.9 Å². The lowest BCUT2D eigenvalue weighted by Gasteiger charge is -2.22. The molecule has 24 heavy (non-hydrogen) atoms. The van der Waals surface area contributed by atoms with Gasteiger partial charge in [-0.1, -0.05) is 56.7 Å². The summed E-state index contributed by atoms with van der Waals surface area (Å²) < 4.78 is 5.99. The fourth-order valence-corrected chi connectivity index (χ4v) is 3.22. The monoisotopic (exact) mass is 323 g/mol. The van der Waals surface area contributed by atoms with Crippen molar-refractivity contribution in [3.8, 4) is 5.75 Å². The predicted octanol–water partition coefficient (Wildman–Crippen LogP) is 4.80. The summed E-state index contributed by atoms with van der Waals surface area (Å²) >= 11 is 0. The van der Waals surface area contributed by atoms with Crippen molar-refractivity contribution in [2.45, 2.75) is 45.4 Å². The number of amides is 1. The van der Waals surface area contributed by atoms with E-state index in [-0.39, 0.29) is 17.2 Å². The van der Waals surface area contributed by atoms with Crippen LogP contribution in [0.5, 0.6) is 5.75 Å². The van der Waals surface area contributed by atoms with Crippen molar-refractivity contribution >= 4 is 11.6 Å². The van der Waals surface area contributed by atoms with Gasteiger partial charge in [0.2, 0.25) is 5.91 Å². The Labute approximate surface area is 144 Å². The lowest BCUT2D eigenvalue weighted by molar-refractivity contribution is -0.116. The molecule has 0 saturated heterocycles. The van der Waals surface area contributed by atoms with E-state index in [1.165, 1.54) is 16.7 Å². The highest BCUT2D eigenvalue weighted by atomic mass is 16.5. The molecule has 0 aromatic heterocycles. The minimum Gasteiger partial charge on any atom is -0.492 e. The number of fused-ring (bicyclic) bond motifs is 1. The standard InChI is InChI=1S/C21H25NO2/c1-14-10-17-15(12-19(23)22-16-8-6-5-7-9-16)13-24-20(17)18(11-14)21(2,3)4/h5-11,15H,12-13H2,1-4H3,(H,22,23)/t15-/m0/s1. The maximum atomic E-state index is 12.4. The van der Waals surface area contributed by atoms with E-state index in [9.17, 15) is 4.79 Å². The minimum atomic E-state index is 0.0251. The van der Waals surface area contributed by atoms with Gasteiger partial charge in [-0.15, -0.1) is 0 Å². The summed E-state index contributed by atoms with van der Waals surface area (Å²) in [4.78, 5) is 12.4. The Balaban J connectivity index is 1.80. The third kappa shape index (κ3) is 3.45. The molecule has 0 saturated carbocycles. The Kier molecular flexibility index (Phi) is 4.35. The molecule has 0 fully saturated rings. The van der Waals surface area contributed by atoms with Crippen molar-refractivity contribution in [3.63, 3.8) is 0 Å². The first-order valence-corrected chi connectivity index (χ1v) is 8.47. The summed E-state index contributed by atoms with van der Waals surface area (Å²) in [5.74, 6) is 1.12. The molecule has 1 aliphatic heterocycles. The average molecular weight is 323 g/mol. The second kappa shape index (κ2) is 6.31. The number of para-hydroxylation sites is 1. The zero-order valence-electron chi connectivity index (χ0n) is 14.8. The van der Waals surface area contributed by atoms with E-state index in [1.807, 2.05) is 30.3 Å². The largest absolute Gasteiger partial charge is 0.492 e. The zero-order chi connectivity index (χ0) is 17.3. The molecule has 1 atom stereocenters. The van der Waals surface area contributed by atoms with Crippen molar-refractivity contribution < 1.29 is 9.53 Å². The number of nitrogens with one attached hydrogen (secondary N) is 1. The number of carbonyl (C=O) groups is 1. The Morgan fingerprint density at radius 3 is 2.58 bits per heavy atom. The van der Waals surface area contributed by atoms with E-state index in [1.54, 1.807) is 0 Å². The van der Waals surface area contributed by atoms with Crippen LogP contribution in [-0.4, -0.2) is 12.5 Å². The summed E-state index contributed by atoms with van der Waals surface area (Å²) in [6.45, 7) is 9.27. The molecule has 3 heteroatoms. The first kappa shape index (κ1) is 16.6. The second-order valence-electron chi connectivity index (χ2n) is 7.61. The Morgan fingerprint density at radius 2 is 1.92 bits per heavy atom. The van der Waals surface area contributed by atoms with Gasteiger partial charge in [0.05, 0.1) is 6.61 Å². The van der Waals surface area contributed by atoms with Crippen LogP contribution in [0.4, 0.5) is 5.69 Å². The molecule has 2 aromatic carbocycles. The van der Waals surface area contributed by atoms with E-state index < -0.39 is 0 Å². The van der Waals surface area contributed by atoms with Gasteiger partial charge >= 0.3 is 0 Å². The number of rotatable bonds is 3. The van der Waals surface area contributed by atoms with Crippen LogP contribution >= 0.6 is 0 Å². The molecule has 0 spiro atoms. The van der Waals surface area contributed by atoms with Gasteiger partial charge in [-0.3, -0.25) is 4.79 Å². The van der Waals surface area contributed by atoms with Crippen LogP contribution in [0.3, 0.4) is 0 Å². The van der Waals surface area contributed by atoms with E-state index >= 15 is 0 Å². The van der Waals surface area contributed by atoms with Gasteiger partial charge in [0.15, 0.2) is 0 Å². The zero-order valence-corrected chi connectivity index (χ0v) is 14.8. The number of carbonyl (C=O) groups excluding carboxylic acids is 1. The fraction of sp³-hybridized carbons (Fsp3) is 0.381. The number of anilines is 1. The number of hydrogen-bond acceptors (Lipinski definition) is 2. The third-order valence-electron chi connectivity index (χ3n) is 4.43. The molecule has 2 aromatic rings. The maximum Gasteiger partial charge on any atom is 0.225 e. The molecule has 1 N–H and O–H groups in total. The first-order valence-electron chi connectivity index (χ1n) is 8.47. The summed E-state index contributed by atoms with van der Waals surface area (Å²) in [6, 6.07) is 13.9. The summed E-state index contributed by atoms with van der Waals surface area (Å²) in [5.41, 5.74) is 4.47. The van der Waals surface area contributed by atoms with E-state index in [0.717, 1.165) is 11.4 Å². The Morgan fingerprint density at radius 1 is 1.21 bits per heavy atom. The number of ether oxygens (including phenoxy) is 1. The number of hydrogen-bond donors (Lipinski definition) is 1. The smallest absolute Gasteiger partial charge is 0.225 e. The van der Waals surface area contributed by atoms with E-state index in [2.05, 4.69) is 45.1 Å². The molecule has 0 aliphatic carbocycles. The van der Waals surface area contributed by atoms with Crippen LogP contribution < -0.4 is 10.1 Å². The van der Waals surface area contributed by atoms with Gasteiger partial charge < -0.3 is 10.1 Å². The lowest BCUT2D eigenvalue weighted by atomic mass is 9.82. The maximum absolute atomic E-state index is 12.4. The van der Waals surface area contributed by atoms with E-state index in [4.69, 9.17) is 4.74 Å². The number of aryl methyl sites for hydroxylation is 1. The average Bonchev–Trinajstić information content (AvgIpc) is 2.89. The normalized spacial score (nSPS) is 16.4. The SMILES string of the molecule is Cc1cc2c(c(C(C)(C)C)c1)OC[C@@H]2CC(=O)Nc1ccccc1. The molecule has 1 aliphatic rings. The van der Waals surface area contributed by atoms with Gasteiger partial charge in [0, 0.05) is 29.2 Å². The molecule has 1 amide bonds. The van der Waals surface area contributed by atoms with Crippen molar-refractivity contribution in [1.82, 2.24) is 0 Å². The van der Waals surface area contributed by atoms with Crippen LogP contribution in [0.2, 0.25) is 0 Å². The topological polar surface area (TPSA) is 38.3 Å². The van der Waals surface area contributed by atoms with Crippen LogP contribution in [0.1, 0.15) is 49.8 Å². The lowest BCUT2D eigenvalue weighted by Crippen LogP contribution is -2.16. The van der Waals surface area contributed by atoms with Gasteiger partial charge in [0.1, 0.15) is 5.75 Å². The molecular weight excluding hydrogens is 298 g/mol. The molecule has 0 radical (unpaired) electrons. The Bertz CT molecular complexity index is 744. The summed E-state index contributed by atoms with van der Waals surface area (Å²) in [5, 5.41) is 2.96. The summed E-state index contributed by atoms with van der Waals surface area (Å²) in [6.07, 6.45) is 0.439. The van der Waals surface area contributed by atoms with Crippen molar-refractivity contribution in [3.05, 3.63) is 59.2 Å². The fourth-order valence-electron chi connectivity index (χ4n) is 3.22.